The number of nitrogens with zero attached hydrogens (tertiary/aromatic N) is 4. The fourth-order valence-electron chi connectivity index (χ4n) is 1.80. The molecule has 3 rings (SSSR count). The van der Waals surface area contributed by atoms with Gasteiger partial charge in [0.05, 0.1) is 5.25 Å². The van der Waals surface area contributed by atoms with E-state index in [1.54, 1.807) is 6.92 Å². The van der Waals surface area contributed by atoms with Crippen molar-refractivity contribution in [1.29, 1.82) is 0 Å². The van der Waals surface area contributed by atoms with Gasteiger partial charge in [0.25, 0.3) is 0 Å². The van der Waals surface area contributed by atoms with Gasteiger partial charge in [0.1, 0.15) is 11.6 Å². The Kier molecular flexibility index (Phi) is 3.88. The van der Waals surface area contributed by atoms with Crippen LogP contribution in [-0.4, -0.2) is 25.4 Å². The molecule has 0 amide bonds. The molecule has 9 heteroatoms. The minimum absolute atomic E-state index is 0.144. The standard InChI is InChI=1S/C13H11F2N5OS/c1-6(12-19-17-7(2)21-12)22-13-16-11(18-20-13)8-3-9(14)5-10(15)4-8/h3-6H,1-2H3,(H,16,18,20). The van der Waals surface area contributed by atoms with Crippen LogP contribution in [0.5, 0.6) is 0 Å². The van der Waals surface area contributed by atoms with Crippen molar-refractivity contribution in [1.82, 2.24) is 25.4 Å². The van der Waals surface area contributed by atoms with E-state index in [0.717, 1.165) is 6.07 Å². The molecule has 0 aliphatic carbocycles. The van der Waals surface area contributed by atoms with Crippen LogP contribution in [0, 0.1) is 18.6 Å². The van der Waals surface area contributed by atoms with Gasteiger partial charge < -0.3 is 4.42 Å². The van der Waals surface area contributed by atoms with E-state index in [1.165, 1.54) is 23.9 Å². The van der Waals surface area contributed by atoms with Crippen LogP contribution in [-0.2, 0) is 0 Å². The van der Waals surface area contributed by atoms with Crippen LogP contribution in [0.25, 0.3) is 11.4 Å². The summed E-state index contributed by atoms with van der Waals surface area (Å²) in [4.78, 5) is 4.21. The van der Waals surface area contributed by atoms with E-state index < -0.39 is 11.6 Å². The van der Waals surface area contributed by atoms with Crippen molar-refractivity contribution in [2.75, 3.05) is 0 Å². The van der Waals surface area contributed by atoms with E-state index in [-0.39, 0.29) is 16.6 Å². The number of nitrogens with one attached hydrogen (secondary N) is 1. The SMILES string of the molecule is Cc1nnc(C(C)Sc2n[nH]c(-c3cc(F)cc(F)c3)n2)o1. The van der Waals surface area contributed by atoms with Gasteiger partial charge in [-0.05, 0) is 19.1 Å². The number of halogens is 2. The Hall–Kier alpha value is -2.29. The average Bonchev–Trinajstić information content (AvgIpc) is 3.06. The summed E-state index contributed by atoms with van der Waals surface area (Å²) in [6.45, 7) is 3.58. The quantitative estimate of drug-likeness (QED) is 0.742. The van der Waals surface area contributed by atoms with Crippen LogP contribution in [0.1, 0.15) is 24.0 Å². The number of benzene rings is 1. The van der Waals surface area contributed by atoms with Crippen molar-refractivity contribution < 1.29 is 13.2 Å². The summed E-state index contributed by atoms with van der Waals surface area (Å²) < 4.78 is 31.8. The van der Waals surface area contributed by atoms with Gasteiger partial charge in [-0.3, -0.25) is 5.10 Å². The van der Waals surface area contributed by atoms with E-state index >= 15 is 0 Å². The molecule has 0 saturated carbocycles. The molecule has 1 atom stereocenters. The molecule has 1 aromatic carbocycles. The molecule has 0 bridgehead atoms. The van der Waals surface area contributed by atoms with Gasteiger partial charge in [0.2, 0.25) is 16.9 Å². The first-order valence-electron chi connectivity index (χ1n) is 6.37. The van der Waals surface area contributed by atoms with Gasteiger partial charge in [-0.2, -0.15) is 0 Å². The summed E-state index contributed by atoms with van der Waals surface area (Å²) in [6.07, 6.45) is 0. The summed E-state index contributed by atoms with van der Waals surface area (Å²) in [5, 5.41) is 14.6. The summed E-state index contributed by atoms with van der Waals surface area (Å²) in [6, 6.07) is 3.17. The maximum absolute atomic E-state index is 13.2. The van der Waals surface area contributed by atoms with Crippen molar-refractivity contribution in [2.24, 2.45) is 0 Å². The number of hydrogen-bond donors (Lipinski definition) is 1. The van der Waals surface area contributed by atoms with Crippen LogP contribution in [0.3, 0.4) is 0 Å². The first kappa shape index (κ1) is 14.6. The molecule has 0 radical (unpaired) electrons. The molecule has 114 valence electrons. The first-order chi connectivity index (χ1) is 10.5. The molecule has 0 spiro atoms. The Morgan fingerprint density at radius 3 is 2.55 bits per heavy atom. The molecule has 2 heterocycles. The second-order valence-corrected chi connectivity index (χ2v) is 5.85. The molecule has 22 heavy (non-hydrogen) atoms. The molecule has 2 aromatic heterocycles. The highest BCUT2D eigenvalue weighted by Gasteiger charge is 2.17. The zero-order valence-corrected chi connectivity index (χ0v) is 12.5. The second kappa shape index (κ2) is 5.84. The van der Waals surface area contributed by atoms with Gasteiger partial charge in [-0.15, -0.1) is 15.3 Å². The minimum atomic E-state index is -0.671. The summed E-state index contributed by atoms with van der Waals surface area (Å²) in [5.74, 6) is -0.112. The lowest BCUT2D eigenvalue weighted by atomic mass is 10.2. The fraction of sp³-hybridized carbons (Fsp3) is 0.231. The van der Waals surface area contributed by atoms with E-state index in [1.807, 2.05) is 6.92 Å². The van der Waals surface area contributed by atoms with Crippen molar-refractivity contribution in [3.05, 3.63) is 41.6 Å². The van der Waals surface area contributed by atoms with E-state index in [0.29, 0.717) is 16.9 Å². The third-order valence-electron chi connectivity index (χ3n) is 2.77. The topological polar surface area (TPSA) is 80.5 Å². The number of thioether (sulfide) groups is 1. The number of aryl methyl sites for hydroxylation is 1. The molecule has 6 nitrogen and oxygen atoms in total. The predicted molar refractivity (Wildman–Crippen MR) is 75.0 cm³/mol. The van der Waals surface area contributed by atoms with Gasteiger partial charge in [0.15, 0.2) is 5.82 Å². The predicted octanol–water partition coefficient (Wildman–Crippen LogP) is 3.29. The number of H-pyrrole nitrogens is 1. The Morgan fingerprint density at radius 1 is 1.18 bits per heavy atom. The molecule has 0 fully saturated rings. The Labute approximate surface area is 128 Å². The van der Waals surface area contributed by atoms with Gasteiger partial charge in [-0.1, -0.05) is 11.8 Å². The maximum atomic E-state index is 13.2. The molecule has 0 aliphatic heterocycles. The number of aromatic amines is 1. The Bertz CT molecular complexity index is 783. The second-order valence-electron chi connectivity index (χ2n) is 4.54. The first-order valence-corrected chi connectivity index (χ1v) is 7.25. The number of hydrogen-bond acceptors (Lipinski definition) is 6. The highest BCUT2D eigenvalue weighted by Crippen LogP contribution is 2.32. The third-order valence-corrected chi connectivity index (χ3v) is 3.72. The van der Waals surface area contributed by atoms with Crippen LogP contribution in [0.15, 0.2) is 27.8 Å². The van der Waals surface area contributed by atoms with E-state index in [4.69, 9.17) is 4.42 Å². The molecule has 0 aliphatic rings. The lowest BCUT2D eigenvalue weighted by Gasteiger charge is -2.01. The van der Waals surface area contributed by atoms with E-state index in [9.17, 15) is 8.78 Å². The summed E-state index contributed by atoms with van der Waals surface area (Å²) >= 11 is 1.30. The lowest BCUT2D eigenvalue weighted by molar-refractivity contribution is 0.470. The number of rotatable bonds is 4. The maximum Gasteiger partial charge on any atom is 0.229 e. The molecule has 1 N–H and O–H groups in total. The summed E-state index contributed by atoms with van der Waals surface area (Å²) in [7, 11) is 0. The van der Waals surface area contributed by atoms with E-state index in [2.05, 4.69) is 25.4 Å². The smallest absolute Gasteiger partial charge is 0.229 e. The van der Waals surface area contributed by atoms with Crippen molar-refractivity contribution >= 4 is 11.8 Å². The largest absolute Gasteiger partial charge is 0.424 e. The monoisotopic (exact) mass is 323 g/mol. The Balaban J connectivity index is 1.79. The van der Waals surface area contributed by atoms with Crippen molar-refractivity contribution in [2.45, 2.75) is 24.3 Å². The van der Waals surface area contributed by atoms with Gasteiger partial charge >= 0.3 is 0 Å². The van der Waals surface area contributed by atoms with Crippen molar-refractivity contribution in [3.8, 4) is 11.4 Å². The van der Waals surface area contributed by atoms with Crippen LogP contribution in [0.2, 0.25) is 0 Å². The number of aromatic nitrogens is 5. The average molecular weight is 323 g/mol. The summed E-state index contributed by atoms with van der Waals surface area (Å²) in [5.41, 5.74) is 0.290. The molecule has 1 unspecified atom stereocenters. The fourth-order valence-corrected chi connectivity index (χ4v) is 2.56. The molecule has 0 saturated heterocycles. The highest BCUT2D eigenvalue weighted by atomic mass is 32.2. The van der Waals surface area contributed by atoms with Crippen LogP contribution < -0.4 is 0 Å². The highest BCUT2D eigenvalue weighted by molar-refractivity contribution is 7.99. The molecule has 3 aromatic rings. The zero-order chi connectivity index (χ0) is 15.7. The van der Waals surface area contributed by atoms with Crippen LogP contribution >= 0.6 is 11.8 Å². The zero-order valence-electron chi connectivity index (χ0n) is 11.7. The minimum Gasteiger partial charge on any atom is -0.424 e. The Morgan fingerprint density at radius 2 is 1.91 bits per heavy atom. The van der Waals surface area contributed by atoms with Crippen LogP contribution in [0.4, 0.5) is 8.78 Å². The molecular formula is C13H11F2N5OS. The van der Waals surface area contributed by atoms with Crippen molar-refractivity contribution in [3.63, 3.8) is 0 Å². The van der Waals surface area contributed by atoms with Gasteiger partial charge in [-0.25, -0.2) is 13.8 Å². The normalized spacial score (nSPS) is 12.5. The van der Waals surface area contributed by atoms with Gasteiger partial charge in [0, 0.05) is 18.6 Å². The third kappa shape index (κ3) is 3.14. The lowest BCUT2D eigenvalue weighted by Crippen LogP contribution is -1.90. The molecular weight excluding hydrogens is 312 g/mol.